The van der Waals surface area contributed by atoms with Gasteiger partial charge in [0.25, 0.3) is 5.91 Å². The van der Waals surface area contributed by atoms with Crippen LogP contribution in [0.3, 0.4) is 0 Å². The van der Waals surface area contributed by atoms with Crippen LogP contribution in [0.15, 0.2) is 61.1 Å². The molecule has 312 valence electrons. The van der Waals surface area contributed by atoms with Crippen LogP contribution in [0.2, 0.25) is 0 Å². The number of aryl methyl sites for hydroxylation is 1. The maximum atomic E-state index is 13.4. The van der Waals surface area contributed by atoms with E-state index in [9.17, 15) is 27.6 Å². The van der Waals surface area contributed by atoms with Crippen LogP contribution in [-0.4, -0.2) is 111 Å². The SMILES string of the molecule is COc1cc2nn(C3CCC(CCN4CCN(c5ccc(N6CCC(=O)NC6=O)c(C)c5)CC4)CC3)cc2cc1C(=O)Nc1cnc2cccnn12.O=C(O)C(F)(F)F. The molecule has 0 radical (unpaired) electrons. The first-order valence-electron chi connectivity index (χ1n) is 19.4. The predicted octanol–water partition coefficient (Wildman–Crippen LogP) is 5.67. The number of hydrogen-bond donors (Lipinski definition) is 3. The number of rotatable bonds is 9. The van der Waals surface area contributed by atoms with Gasteiger partial charge < -0.3 is 20.1 Å². The number of nitrogens with zero attached hydrogens (tertiary/aromatic N) is 8. The molecule has 0 spiro atoms. The molecule has 19 heteroatoms. The molecular formula is C40H45F3N10O6. The van der Waals surface area contributed by atoms with Crippen molar-refractivity contribution in [3.05, 3.63) is 72.2 Å². The van der Waals surface area contributed by atoms with Crippen LogP contribution in [0.5, 0.6) is 5.75 Å². The van der Waals surface area contributed by atoms with Crippen molar-refractivity contribution in [3.8, 4) is 5.75 Å². The number of aliphatic carboxylic acids is 1. The summed E-state index contributed by atoms with van der Waals surface area (Å²) in [6.45, 7) is 7.57. The highest BCUT2D eigenvalue weighted by Gasteiger charge is 2.38. The number of nitrogens with one attached hydrogen (secondary N) is 2. The molecule has 5 heterocycles. The Morgan fingerprint density at radius 1 is 1.02 bits per heavy atom. The second-order valence-electron chi connectivity index (χ2n) is 14.9. The smallest absolute Gasteiger partial charge is 0.490 e. The number of urea groups is 1. The van der Waals surface area contributed by atoms with Gasteiger partial charge in [-0.3, -0.25) is 29.4 Å². The second kappa shape index (κ2) is 17.3. The number of methoxy groups -OCH3 is 1. The van der Waals surface area contributed by atoms with E-state index in [1.165, 1.54) is 24.9 Å². The Morgan fingerprint density at radius 3 is 2.44 bits per heavy atom. The molecule has 0 unspecified atom stereocenters. The average Bonchev–Trinajstić information content (AvgIpc) is 3.84. The van der Waals surface area contributed by atoms with Gasteiger partial charge in [-0.25, -0.2) is 14.6 Å². The fourth-order valence-electron chi connectivity index (χ4n) is 7.93. The van der Waals surface area contributed by atoms with E-state index in [4.69, 9.17) is 19.7 Å². The van der Waals surface area contributed by atoms with Gasteiger partial charge in [-0.15, -0.1) is 0 Å². The van der Waals surface area contributed by atoms with E-state index in [0.29, 0.717) is 47.7 Å². The van der Waals surface area contributed by atoms with Gasteiger partial charge in [0.1, 0.15) is 5.75 Å². The Kier molecular flexibility index (Phi) is 12.0. The van der Waals surface area contributed by atoms with E-state index >= 15 is 0 Å². The van der Waals surface area contributed by atoms with Crippen molar-refractivity contribution in [2.45, 2.75) is 57.7 Å². The molecule has 1 aliphatic carbocycles. The molecule has 2 aromatic carbocycles. The largest absolute Gasteiger partial charge is 0.496 e. The number of benzene rings is 2. The molecular weight excluding hydrogens is 773 g/mol. The van der Waals surface area contributed by atoms with Gasteiger partial charge in [0.2, 0.25) is 5.91 Å². The van der Waals surface area contributed by atoms with E-state index in [0.717, 1.165) is 67.7 Å². The first-order valence-corrected chi connectivity index (χ1v) is 19.4. The Morgan fingerprint density at radius 2 is 1.76 bits per heavy atom. The third kappa shape index (κ3) is 9.40. The third-order valence-electron chi connectivity index (χ3n) is 11.2. The lowest BCUT2D eigenvalue weighted by Crippen LogP contribution is -2.50. The van der Waals surface area contributed by atoms with E-state index in [1.807, 2.05) is 31.2 Å². The highest BCUT2D eigenvalue weighted by atomic mass is 19.4. The highest BCUT2D eigenvalue weighted by Crippen LogP contribution is 2.36. The van der Waals surface area contributed by atoms with Gasteiger partial charge in [-0.1, -0.05) is 0 Å². The van der Waals surface area contributed by atoms with Crippen LogP contribution in [0.1, 0.15) is 60.5 Å². The monoisotopic (exact) mass is 818 g/mol. The number of ether oxygens (including phenoxy) is 1. The molecule has 3 aliphatic rings. The van der Waals surface area contributed by atoms with Gasteiger partial charge in [-0.2, -0.15) is 27.9 Å². The molecule has 59 heavy (non-hydrogen) atoms. The zero-order valence-electron chi connectivity index (χ0n) is 32.6. The third-order valence-corrected chi connectivity index (χ3v) is 11.2. The maximum Gasteiger partial charge on any atom is 0.490 e. The first kappa shape index (κ1) is 40.9. The summed E-state index contributed by atoms with van der Waals surface area (Å²) in [4.78, 5) is 57.1. The Bertz CT molecular complexity index is 2350. The number of carbonyl (C=O) groups is 4. The summed E-state index contributed by atoms with van der Waals surface area (Å²) < 4.78 is 41.0. The van der Waals surface area contributed by atoms with Crippen LogP contribution in [-0.2, 0) is 9.59 Å². The quantitative estimate of drug-likeness (QED) is 0.167. The number of imidazole rings is 1. The second-order valence-corrected chi connectivity index (χ2v) is 14.9. The van der Waals surface area contributed by atoms with Gasteiger partial charge >= 0.3 is 18.2 Å². The van der Waals surface area contributed by atoms with Gasteiger partial charge in [0, 0.05) is 74.4 Å². The lowest BCUT2D eigenvalue weighted by atomic mass is 9.84. The Balaban J connectivity index is 0.000000694. The molecule has 3 N–H and O–H groups in total. The Labute approximate surface area is 336 Å². The molecule has 3 aromatic heterocycles. The summed E-state index contributed by atoms with van der Waals surface area (Å²) in [5, 5.41) is 22.6. The molecule has 3 fully saturated rings. The van der Waals surface area contributed by atoms with Crippen molar-refractivity contribution >= 4 is 57.6 Å². The van der Waals surface area contributed by atoms with Gasteiger partial charge in [-0.05, 0) is 93.5 Å². The summed E-state index contributed by atoms with van der Waals surface area (Å²) in [7, 11) is 1.57. The number of carboxylic acid groups (broad SMARTS) is 1. The summed E-state index contributed by atoms with van der Waals surface area (Å²) in [5.74, 6) is -1.60. The molecule has 4 amide bonds. The van der Waals surface area contributed by atoms with E-state index in [1.54, 1.807) is 35.0 Å². The number of amides is 4. The molecule has 1 saturated carbocycles. The lowest BCUT2D eigenvalue weighted by molar-refractivity contribution is -0.192. The topological polar surface area (TPSA) is 180 Å². The van der Waals surface area contributed by atoms with Crippen molar-refractivity contribution in [3.63, 3.8) is 0 Å². The predicted molar refractivity (Wildman–Crippen MR) is 212 cm³/mol. The van der Waals surface area contributed by atoms with Crippen LogP contribution >= 0.6 is 0 Å². The molecule has 0 atom stereocenters. The zero-order valence-corrected chi connectivity index (χ0v) is 32.6. The molecule has 2 aliphatic heterocycles. The number of halogens is 3. The minimum atomic E-state index is -5.08. The van der Waals surface area contributed by atoms with Crippen molar-refractivity contribution in [1.82, 2.24) is 34.6 Å². The van der Waals surface area contributed by atoms with Crippen LogP contribution in [0.4, 0.5) is 35.2 Å². The summed E-state index contributed by atoms with van der Waals surface area (Å²) in [6.07, 6.45) is 6.29. The molecule has 2 saturated heterocycles. The number of piperazine rings is 1. The van der Waals surface area contributed by atoms with E-state index in [-0.39, 0.29) is 17.8 Å². The highest BCUT2D eigenvalue weighted by molar-refractivity contribution is 6.08. The summed E-state index contributed by atoms with van der Waals surface area (Å²) >= 11 is 0. The average molecular weight is 819 g/mol. The summed E-state index contributed by atoms with van der Waals surface area (Å²) in [5.41, 5.74) is 4.96. The Hall–Kier alpha value is -6.24. The van der Waals surface area contributed by atoms with Crippen molar-refractivity contribution in [2.75, 3.05) is 61.5 Å². The molecule has 16 nitrogen and oxygen atoms in total. The van der Waals surface area contributed by atoms with Crippen molar-refractivity contribution in [1.29, 1.82) is 0 Å². The number of imide groups is 1. The number of carboxylic acids is 1. The minimum Gasteiger partial charge on any atom is -0.496 e. The molecule has 5 aromatic rings. The van der Waals surface area contributed by atoms with Crippen LogP contribution in [0.25, 0.3) is 16.6 Å². The van der Waals surface area contributed by atoms with Crippen molar-refractivity contribution < 1.29 is 42.2 Å². The fourth-order valence-corrected chi connectivity index (χ4v) is 7.93. The number of hydrogen-bond acceptors (Lipinski definition) is 10. The molecule has 8 rings (SSSR count). The van der Waals surface area contributed by atoms with E-state index in [2.05, 4.69) is 53.5 Å². The standard InChI is InChI=1S/C38H44N10O4.C2HF3O2/c1-25-20-29(9-10-32(25)46-15-12-36(49)42-38(46)51)45-18-16-44(17-19-45)14-11-26-5-7-28(8-6-26)47-24-27-21-30(33(52-2)22-31(27)43-47)37(50)41-35-23-39-34-4-3-13-40-48(34)35;3-2(4,5)1(6)7/h3-4,9-10,13,20-24,26,28H,5-8,11-12,14-19H2,1-2H3,(H,41,50)(H,42,49,51);(H,6,7). The first-order chi connectivity index (χ1) is 28.3. The number of aromatic nitrogens is 5. The van der Waals surface area contributed by atoms with Gasteiger partial charge in [0.15, 0.2) is 11.5 Å². The number of alkyl halides is 3. The van der Waals surface area contributed by atoms with Crippen LogP contribution < -0.4 is 25.2 Å². The minimum absolute atomic E-state index is 0.218. The lowest BCUT2D eigenvalue weighted by Gasteiger charge is -2.37. The zero-order chi connectivity index (χ0) is 41.8. The van der Waals surface area contributed by atoms with Gasteiger partial charge in [0.05, 0.1) is 30.4 Å². The van der Waals surface area contributed by atoms with Crippen molar-refractivity contribution in [2.24, 2.45) is 5.92 Å². The fraction of sp³-hybridized carbons (Fsp3) is 0.425. The van der Waals surface area contributed by atoms with Crippen LogP contribution in [0, 0.1) is 12.8 Å². The van der Waals surface area contributed by atoms with E-state index < -0.39 is 12.1 Å². The number of anilines is 3. The maximum absolute atomic E-state index is 13.4. The number of fused-ring (bicyclic) bond motifs is 2. The summed E-state index contributed by atoms with van der Waals surface area (Å²) in [6, 6.07) is 13.6. The normalized spacial score (nSPS) is 19.0. The number of carbonyl (C=O) groups excluding carboxylic acids is 3. The molecule has 0 bridgehead atoms.